The largest absolute Gasteiger partial charge is 0.344 e. The lowest BCUT2D eigenvalue weighted by Crippen LogP contribution is -2.57. The molecule has 3 rings (SSSR count). The first-order valence-electron chi connectivity index (χ1n) is 11.0. The minimum absolute atomic E-state index is 0.0100. The normalized spacial score (nSPS) is 19.9. The Balaban J connectivity index is 1.60. The molecular weight excluding hydrogens is 438 g/mol. The van der Waals surface area contributed by atoms with Crippen molar-refractivity contribution in [1.82, 2.24) is 14.5 Å². The summed E-state index contributed by atoms with van der Waals surface area (Å²) >= 11 is 5.86. The lowest BCUT2D eigenvalue weighted by molar-refractivity contribution is -0.139. The highest BCUT2D eigenvalue weighted by atomic mass is 35.5. The molecule has 0 spiro atoms. The molecule has 0 bridgehead atoms. The van der Waals surface area contributed by atoms with Crippen LogP contribution in [0.1, 0.15) is 46.0 Å². The summed E-state index contributed by atoms with van der Waals surface area (Å²) in [7, 11) is -3.63. The Morgan fingerprint density at radius 3 is 2.13 bits per heavy atom. The summed E-state index contributed by atoms with van der Waals surface area (Å²) in [6, 6.07) is 5.50. The minimum atomic E-state index is -3.63. The van der Waals surface area contributed by atoms with E-state index in [4.69, 9.17) is 11.6 Å². The predicted molar refractivity (Wildman–Crippen MR) is 120 cm³/mol. The topological polar surface area (TPSA) is 86.8 Å². The third-order valence-electron chi connectivity index (χ3n) is 6.21. The monoisotopic (exact) mass is 469 g/mol. The molecule has 172 valence electrons. The van der Waals surface area contributed by atoms with Crippen LogP contribution in [0.2, 0.25) is 5.02 Å². The number of piperazine rings is 1. The molecule has 7 nitrogen and oxygen atoms in total. The molecule has 0 aromatic heterocycles. The lowest BCUT2D eigenvalue weighted by atomic mass is 9.88. The van der Waals surface area contributed by atoms with Crippen molar-refractivity contribution in [2.75, 3.05) is 26.2 Å². The highest BCUT2D eigenvalue weighted by molar-refractivity contribution is 7.89. The zero-order chi connectivity index (χ0) is 22.6. The van der Waals surface area contributed by atoms with Gasteiger partial charge in [0.2, 0.25) is 21.8 Å². The molecule has 1 aliphatic heterocycles. The Morgan fingerprint density at radius 2 is 1.58 bits per heavy atom. The molecule has 1 unspecified atom stereocenters. The molecule has 2 fully saturated rings. The third kappa shape index (κ3) is 5.79. The van der Waals surface area contributed by atoms with Gasteiger partial charge >= 0.3 is 0 Å². The van der Waals surface area contributed by atoms with Gasteiger partial charge in [0.15, 0.2) is 0 Å². The molecule has 1 saturated heterocycles. The summed E-state index contributed by atoms with van der Waals surface area (Å²) < 4.78 is 27.1. The van der Waals surface area contributed by atoms with Crippen LogP contribution in [0.4, 0.5) is 0 Å². The molecule has 2 aliphatic rings. The van der Waals surface area contributed by atoms with Crippen molar-refractivity contribution in [2.45, 2.75) is 56.9 Å². The van der Waals surface area contributed by atoms with Crippen LogP contribution in [-0.4, -0.2) is 61.7 Å². The summed E-state index contributed by atoms with van der Waals surface area (Å²) in [5.41, 5.74) is 0. The standard InChI is InChI=1S/C22H32ClN3O4S/c1-16(2)20(24-21(27)17-6-4-3-5-7-17)22(28)25-12-14-26(15-13-25)31(29,30)19-10-8-18(23)9-11-19/h8-11,16-17,20H,3-7,12-15H2,1-2H3,(H,24,27). The van der Waals surface area contributed by atoms with Crippen LogP contribution in [0, 0.1) is 11.8 Å². The summed E-state index contributed by atoms with van der Waals surface area (Å²) in [5, 5.41) is 3.46. The van der Waals surface area contributed by atoms with Crippen LogP contribution in [0.15, 0.2) is 29.2 Å². The first kappa shape index (κ1) is 24.0. The maximum absolute atomic E-state index is 13.2. The van der Waals surface area contributed by atoms with Crippen LogP contribution in [0.5, 0.6) is 0 Å². The number of benzene rings is 1. The zero-order valence-corrected chi connectivity index (χ0v) is 19.8. The number of nitrogens with one attached hydrogen (secondary N) is 1. The molecule has 9 heteroatoms. The average molecular weight is 470 g/mol. The molecule has 1 N–H and O–H groups in total. The van der Waals surface area contributed by atoms with Crippen molar-refractivity contribution in [3.05, 3.63) is 29.3 Å². The van der Waals surface area contributed by atoms with E-state index in [1.54, 1.807) is 17.0 Å². The van der Waals surface area contributed by atoms with Gasteiger partial charge in [-0.3, -0.25) is 9.59 Å². The van der Waals surface area contributed by atoms with E-state index in [-0.39, 0.29) is 41.6 Å². The summed E-state index contributed by atoms with van der Waals surface area (Å²) in [4.78, 5) is 27.7. The molecule has 1 aromatic carbocycles. The third-order valence-corrected chi connectivity index (χ3v) is 8.37. The zero-order valence-electron chi connectivity index (χ0n) is 18.2. The Labute approximate surface area is 190 Å². The Morgan fingerprint density at radius 1 is 1.00 bits per heavy atom. The van der Waals surface area contributed by atoms with E-state index in [1.165, 1.54) is 22.9 Å². The van der Waals surface area contributed by atoms with E-state index < -0.39 is 16.1 Å². The number of halogens is 1. The van der Waals surface area contributed by atoms with Gasteiger partial charge < -0.3 is 10.2 Å². The number of carbonyl (C=O) groups is 2. The van der Waals surface area contributed by atoms with E-state index in [0.29, 0.717) is 18.1 Å². The fraction of sp³-hybridized carbons (Fsp3) is 0.636. The second-order valence-corrected chi connectivity index (χ2v) is 11.1. The van der Waals surface area contributed by atoms with Gasteiger partial charge in [0.25, 0.3) is 0 Å². The fourth-order valence-electron chi connectivity index (χ4n) is 4.25. The molecular formula is C22H32ClN3O4S. The number of hydrogen-bond acceptors (Lipinski definition) is 4. The molecule has 1 aromatic rings. The van der Waals surface area contributed by atoms with E-state index in [0.717, 1.165) is 25.7 Å². The minimum Gasteiger partial charge on any atom is -0.344 e. The van der Waals surface area contributed by atoms with Gasteiger partial charge in [-0.25, -0.2) is 8.42 Å². The quantitative estimate of drug-likeness (QED) is 0.694. The van der Waals surface area contributed by atoms with Gasteiger partial charge in [0.05, 0.1) is 4.90 Å². The lowest BCUT2D eigenvalue weighted by Gasteiger charge is -2.37. The van der Waals surface area contributed by atoms with Crippen LogP contribution in [-0.2, 0) is 19.6 Å². The first-order chi connectivity index (χ1) is 14.7. The summed E-state index contributed by atoms with van der Waals surface area (Å²) in [6.07, 6.45) is 5.04. The Bertz CT molecular complexity index is 875. The fourth-order valence-corrected chi connectivity index (χ4v) is 5.80. The van der Waals surface area contributed by atoms with Crippen LogP contribution >= 0.6 is 11.6 Å². The smallest absolute Gasteiger partial charge is 0.245 e. The van der Waals surface area contributed by atoms with Crippen LogP contribution in [0.25, 0.3) is 0 Å². The van der Waals surface area contributed by atoms with Gasteiger partial charge in [0, 0.05) is 37.1 Å². The van der Waals surface area contributed by atoms with Crippen LogP contribution < -0.4 is 5.32 Å². The Hall–Kier alpha value is -1.64. The number of nitrogens with zero attached hydrogens (tertiary/aromatic N) is 2. The van der Waals surface area contributed by atoms with Crippen molar-refractivity contribution in [3.63, 3.8) is 0 Å². The highest BCUT2D eigenvalue weighted by Gasteiger charge is 2.35. The first-order valence-corrected chi connectivity index (χ1v) is 12.9. The molecule has 1 aliphatic carbocycles. The predicted octanol–water partition coefficient (Wildman–Crippen LogP) is 2.89. The number of sulfonamides is 1. The number of hydrogen-bond donors (Lipinski definition) is 1. The maximum Gasteiger partial charge on any atom is 0.245 e. The number of rotatable bonds is 6. The average Bonchev–Trinajstić information content (AvgIpc) is 2.77. The molecule has 0 radical (unpaired) electrons. The van der Waals surface area contributed by atoms with Gasteiger partial charge in [-0.2, -0.15) is 4.31 Å². The number of amides is 2. The van der Waals surface area contributed by atoms with Gasteiger partial charge in [-0.15, -0.1) is 0 Å². The van der Waals surface area contributed by atoms with Crippen molar-refractivity contribution < 1.29 is 18.0 Å². The second-order valence-electron chi connectivity index (χ2n) is 8.75. The van der Waals surface area contributed by atoms with Crippen LogP contribution in [0.3, 0.4) is 0 Å². The molecule has 1 heterocycles. The van der Waals surface area contributed by atoms with Crippen molar-refractivity contribution in [3.8, 4) is 0 Å². The molecule has 2 amide bonds. The molecule has 31 heavy (non-hydrogen) atoms. The SMILES string of the molecule is CC(C)C(NC(=O)C1CCCCC1)C(=O)N1CCN(S(=O)(=O)c2ccc(Cl)cc2)CC1. The van der Waals surface area contributed by atoms with Crippen molar-refractivity contribution in [2.24, 2.45) is 11.8 Å². The van der Waals surface area contributed by atoms with E-state index in [2.05, 4.69) is 5.32 Å². The Kier molecular flexibility index (Phi) is 7.99. The van der Waals surface area contributed by atoms with Gasteiger partial charge in [0.1, 0.15) is 6.04 Å². The van der Waals surface area contributed by atoms with Crippen molar-refractivity contribution >= 4 is 33.4 Å². The summed E-state index contributed by atoms with van der Waals surface area (Å²) in [6.45, 7) is 4.88. The van der Waals surface area contributed by atoms with Gasteiger partial charge in [-0.1, -0.05) is 44.7 Å². The van der Waals surface area contributed by atoms with E-state index >= 15 is 0 Å². The molecule has 1 atom stereocenters. The van der Waals surface area contributed by atoms with Gasteiger partial charge in [-0.05, 0) is 43.0 Å². The number of carbonyl (C=O) groups excluding carboxylic acids is 2. The van der Waals surface area contributed by atoms with E-state index in [1.807, 2.05) is 13.8 Å². The maximum atomic E-state index is 13.2. The highest BCUT2D eigenvalue weighted by Crippen LogP contribution is 2.24. The summed E-state index contributed by atoms with van der Waals surface area (Å²) in [5.74, 6) is -0.224. The van der Waals surface area contributed by atoms with Crippen molar-refractivity contribution in [1.29, 1.82) is 0 Å². The van der Waals surface area contributed by atoms with E-state index in [9.17, 15) is 18.0 Å². The molecule has 1 saturated carbocycles. The second kappa shape index (κ2) is 10.3.